The minimum absolute atomic E-state index is 0.0784. The molecular weight excluding hydrogens is 398 g/mol. The van der Waals surface area contributed by atoms with Crippen molar-refractivity contribution in [1.82, 2.24) is 4.31 Å². The van der Waals surface area contributed by atoms with Gasteiger partial charge in [0.05, 0.1) is 23.3 Å². The van der Waals surface area contributed by atoms with Gasteiger partial charge in [0, 0.05) is 24.7 Å². The van der Waals surface area contributed by atoms with Gasteiger partial charge in [-0.3, -0.25) is 14.9 Å². The fourth-order valence-electron chi connectivity index (χ4n) is 3.24. The molecule has 0 saturated carbocycles. The number of benzene rings is 2. The highest BCUT2D eigenvalue weighted by molar-refractivity contribution is 7.89. The van der Waals surface area contributed by atoms with Crippen LogP contribution in [-0.4, -0.2) is 43.8 Å². The van der Waals surface area contributed by atoms with Crippen molar-refractivity contribution in [2.45, 2.75) is 24.7 Å². The number of amides is 1. The second-order valence-corrected chi connectivity index (χ2v) is 8.54. The Morgan fingerprint density at radius 3 is 2.52 bits per heavy atom. The lowest BCUT2D eigenvalue weighted by Gasteiger charge is -2.18. The van der Waals surface area contributed by atoms with Crippen LogP contribution < -0.4 is 10.1 Å². The molecule has 0 bridgehead atoms. The summed E-state index contributed by atoms with van der Waals surface area (Å²) in [7, 11) is -2.43. The first-order chi connectivity index (χ1) is 13.8. The number of anilines is 1. The summed E-state index contributed by atoms with van der Waals surface area (Å²) in [5, 5.41) is 13.7. The van der Waals surface area contributed by atoms with Crippen LogP contribution in [0.2, 0.25) is 0 Å². The van der Waals surface area contributed by atoms with Crippen molar-refractivity contribution in [2.24, 2.45) is 0 Å². The molecule has 154 valence electrons. The number of nitrogens with zero attached hydrogens (tertiary/aromatic N) is 2. The van der Waals surface area contributed by atoms with E-state index in [-0.39, 0.29) is 27.6 Å². The normalized spacial score (nSPS) is 14.6. The second kappa shape index (κ2) is 8.18. The third-order valence-electron chi connectivity index (χ3n) is 4.86. The van der Waals surface area contributed by atoms with Gasteiger partial charge in [-0.25, -0.2) is 8.42 Å². The van der Waals surface area contributed by atoms with Gasteiger partial charge < -0.3 is 10.1 Å². The Bertz CT molecular complexity index is 1060. The molecule has 1 aliphatic rings. The zero-order valence-electron chi connectivity index (χ0n) is 16.0. The second-order valence-electron chi connectivity index (χ2n) is 6.64. The predicted octanol–water partition coefficient (Wildman–Crippen LogP) is 2.95. The molecule has 1 fully saturated rings. The van der Waals surface area contributed by atoms with Crippen LogP contribution in [0.3, 0.4) is 0 Å². The fraction of sp³-hybridized carbons (Fsp3) is 0.316. The predicted molar refractivity (Wildman–Crippen MR) is 107 cm³/mol. The molecule has 0 atom stereocenters. The first kappa shape index (κ1) is 20.7. The first-order valence-electron chi connectivity index (χ1n) is 8.99. The number of nitro groups is 1. The molecule has 1 saturated heterocycles. The Hall–Kier alpha value is -2.98. The minimum atomic E-state index is -3.80. The van der Waals surface area contributed by atoms with E-state index in [0.29, 0.717) is 18.7 Å². The molecule has 2 aromatic carbocycles. The van der Waals surface area contributed by atoms with Crippen molar-refractivity contribution in [3.63, 3.8) is 0 Å². The molecule has 0 spiro atoms. The van der Waals surface area contributed by atoms with Crippen LogP contribution in [0, 0.1) is 17.0 Å². The van der Waals surface area contributed by atoms with Crippen molar-refractivity contribution in [3.8, 4) is 5.75 Å². The zero-order chi connectivity index (χ0) is 21.2. The highest BCUT2D eigenvalue weighted by Crippen LogP contribution is 2.31. The number of hydrogen-bond donors (Lipinski definition) is 1. The van der Waals surface area contributed by atoms with E-state index in [1.165, 1.54) is 48.7 Å². The molecule has 0 unspecified atom stereocenters. The quantitative estimate of drug-likeness (QED) is 0.568. The molecule has 2 aromatic rings. The Morgan fingerprint density at radius 1 is 1.21 bits per heavy atom. The summed E-state index contributed by atoms with van der Waals surface area (Å²) in [4.78, 5) is 23.2. The van der Waals surface area contributed by atoms with Gasteiger partial charge in [-0.2, -0.15) is 4.31 Å². The monoisotopic (exact) mass is 419 g/mol. The maximum absolute atomic E-state index is 13.0. The van der Waals surface area contributed by atoms with E-state index in [0.717, 1.165) is 12.8 Å². The van der Waals surface area contributed by atoms with E-state index in [4.69, 9.17) is 4.74 Å². The van der Waals surface area contributed by atoms with Crippen LogP contribution in [0.25, 0.3) is 0 Å². The highest BCUT2D eigenvalue weighted by Gasteiger charge is 2.30. The lowest BCUT2D eigenvalue weighted by molar-refractivity contribution is -0.385. The van der Waals surface area contributed by atoms with Crippen LogP contribution in [0.15, 0.2) is 41.3 Å². The fourth-order valence-corrected chi connectivity index (χ4v) is 4.94. The molecule has 10 heteroatoms. The topological polar surface area (TPSA) is 119 Å². The molecule has 3 rings (SSSR count). The average molecular weight is 419 g/mol. The van der Waals surface area contributed by atoms with Gasteiger partial charge in [-0.1, -0.05) is 6.07 Å². The lowest BCUT2D eigenvalue weighted by Crippen LogP contribution is -2.28. The summed E-state index contributed by atoms with van der Waals surface area (Å²) in [6.45, 7) is 2.38. The van der Waals surface area contributed by atoms with Crippen molar-refractivity contribution >= 4 is 27.3 Å². The minimum Gasteiger partial charge on any atom is -0.495 e. The zero-order valence-corrected chi connectivity index (χ0v) is 16.9. The Morgan fingerprint density at radius 2 is 1.90 bits per heavy atom. The molecule has 0 aromatic heterocycles. The molecule has 1 heterocycles. The summed E-state index contributed by atoms with van der Waals surface area (Å²) in [6.07, 6.45) is 1.57. The number of nitrogens with one attached hydrogen (secondary N) is 1. The Labute approximate surface area is 168 Å². The van der Waals surface area contributed by atoms with Crippen LogP contribution in [0.5, 0.6) is 5.75 Å². The van der Waals surface area contributed by atoms with Gasteiger partial charge in [-0.05, 0) is 44.0 Å². The summed E-state index contributed by atoms with van der Waals surface area (Å²) in [5.74, 6) is -0.422. The molecule has 0 radical (unpaired) electrons. The Kier molecular flexibility index (Phi) is 5.85. The summed E-state index contributed by atoms with van der Waals surface area (Å²) < 4.78 is 32.5. The van der Waals surface area contributed by atoms with Gasteiger partial charge in [0.1, 0.15) is 10.6 Å². The van der Waals surface area contributed by atoms with Crippen LogP contribution in [-0.2, 0) is 10.0 Å². The lowest BCUT2D eigenvalue weighted by atomic mass is 10.1. The maximum atomic E-state index is 13.0. The van der Waals surface area contributed by atoms with Gasteiger partial charge in [0.25, 0.3) is 11.6 Å². The van der Waals surface area contributed by atoms with Gasteiger partial charge in [0.15, 0.2) is 0 Å². The average Bonchev–Trinajstić information content (AvgIpc) is 3.24. The van der Waals surface area contributed by atoms with Crippen molar-refractivity contribution in [1.29, 1.82) is 0 Å². The van der Waals surface area contributed by atoms with Gasteiger partial charge in [-0.15, -0.1) is 0 Å². The number of methoxy groups -OCH3 is 1. The van der Waals surface area contributed by atoms with E-state index in [9.17, 15) is 23.3 Å². The number of sulfonamides is 1. The van der Waals surface area contributed by atoms with Crippen LogP contribution in [0.4, 0.5) is 11.4 Å². The van der Waals surface area contributed by atoms with E-state index in [1.54, 1.807) is 6.07 Å². The SMILES string of the molecule is COc1ccc(C(=O)Nc2cccc([N+](=O)[O-])c2C)cc1S(=O)(=O)N1CCCC1. The van der Waals surface area contributed by atoms with Crippen molar-refractivity contribution in [2.75, 3.05) is 25.5 Å². The number of rotatable bonds is 6. The molecule has 0 aliphatic carbocycles. The van der Waals surface area contributed by atoms with E-state index >= 15 is 0 Å². The van der Waals surface area contributed by atoms with Crippen molar-refractivity contribution in [3.05, 3.63) is 57.6 Å². The summed E-state index contributed by atoms with van der Waals surface area (Å²) in [6, 6.07) is 8.51. The molecule has 1 N–H and O–H groups in total. The molecular formula is C19H21N3O6S. The maximum Gasteiger partial charge on any atom is 0.274 e. The standard InChI is InChI=1S/C19H21N3O6S/c1-13-15(6-5-7-16(13)22(24)25)20-19(23)14-8-9-17(28-2)18(12-14)29(26,27)21-10-3-4-11-21/h5-9,12H,3-4,10-11H2,1-2H3,(H,20,23). The number of carbonyl (C=O) groups excluding carboxylic acids is 1. The van der Waals surface area contributed by atoms with E-state index in [2.05, 4.69) is 5.32 Å². The summed E-state index contributed by atoms with van der Waals surface area (Å²) in [5.41, 5.74) is 0.581. The van der Waals surface area contributed by atoms with E-state index in [1.807, 2.05) is 0 Å². The number of nitro benzene ring substituents is 1. The van der Waals surface area contributed by atoms with Crippen molar-refractivity contribution < 1.29 is 22.9 Å². The summed E-state index contributed by atoms with van der Waals surface area (Å²) >= 11 is 0. The van der Waals surface area contributed by atoms with Gasteiger partial charge in [0.2, 0.25) is 10.0 Å². The third kappa shape index (κ3) is 4.08. The van der Waals surface area contributed by atoms with Crippen LogP contribution in [0.1, 0.15) is 28.8 Å². The van der Waals surface area contributed by atoms with E-state index < -0.39 is 20.9 Å². The molecule has 29 heavy (non-hydrogen) atoms. The smallest absolute Gasteiger partial charge is 0.274 e. The number of carbonyl (C=O) groups is 1. The third-order valence-corrected chi connectivity index (χ3v) is 6.78. The largest absolute Gasteiger partial charge is 0.495 e. The Balaban J connectivity index is 1.95. The van der Waals surface area contributed by atoms with Crippen LogP contribution >= 0.6 is 0 Å². The molecule has 1 amide bonds. The number of hydrogen-bond acceptors (Lipinski definition) is 6. The molecule has 1 aliphatic heterocycles. The highest BCUT2D eigenvalue weighted by atomic mass is 32.2. The number of ether oxygens (including phenoxy) is 1. The first-order valence-corrected chi connectivity index (χ1v) is 10.4. The van der Waals surface area contributed by atoms with Gasteiger partial charge >= 0.3 is 0 Å². The molecule has 9 nitrogen and oxygen atoms in total.